The van der Waals surface area contributed by atoms with Crippen molar-refractivity contribution in [1.29, 1.82) is 5.26 Å². The number of amides is 1. The molecule has 158 valence electrons. The van der Waals surface area contributed by atoms with Gasteiger partial charge in [-0.2, -0.15) is 5.26 Å². The van der Waals surface area contributed by atoms with E-state index in [1.54, 1.807) is 6.07 Å². The van der Waals surface area contributed by atoms with E-state index in [1.165, 1.54) is 12.3 Å². The number of pyridine rings is 1. The Hall–Kier alpha value is -3.56. The van der Waals surface area contributed by atoms with Crippen LogP contribution >= 0.6 is 11.6 Å². The van der Waals surface area contributed by atoms with E-state index in [9.17, 15) is 4.79 Å². The lowest BCUT2D eigenvalue weighted by atomic mass is 10.1. The summed E-state index contributed by atoms with van der Waals surface area (Å²) in [5.74, 6) is 0.640. The number of hydrogen-bond acceptors (Lipinski definition) is 5. The molecule has 3 rings (SSSR count). The number of ether oxygens (including phenoxy) is 2. The lowest BCUT2D eigenvalue weighted by Crippen LogP contribution is -2.15. The molecule has 0 saturated carbocycles. The summed E-state index contributed by atoms with van der Waals surface area (Å²) in [5, 5.41) is 11.9. The van der Waals surface area contributed by atoms with Gasteiger partial charge in [0.1, 0.15) is 17.4 Å². The highest BCUT2D eigenvalue weighted by molar-refractivity contribution is 6.32. The van der Waals surface area contributed by atoms with E-state index in [-0.39, 0.29) is 23.6 Å². The summed E-state index contributed by atoms with van der Waals surface area (Å²) in [4.78, 5) is 16.8. The molecule has 31 heavy (non-hydrogen) atoms. The van der Waals surface area contributed by atoms with Crippen LogP contribution in [-0.2, 0) is 13.0 Å². The third kappa shape index (κ3) is 6.21. The van der Waals surface area contributed by atoms with E-state index in [0.29, 0.717) is 29.3 Å². The fourth-order valence-corrected chi connectivity index (χ4v) is 2.99. The largest absolute Gasteiger partial charge is 0.489 e. The Morgan fingerprint density at radius 2 is 1.94 bits per heavy atom. The average Bonchev–Trinajstić information content (AvgIpc) is 2.75. The maximum absolute atomic E-state index is 12.7. The molecule has 1 N–H and O–H groups in total. The van der Waals surface area contributed by atoms with Crippen molar-refractivity contribution in [3.63, 3.8) is 0 Å². The minimum absolute atomic E-state index is 0.0703. The van der Waals surface area contributed by atoms with Crippen LogP contribution in [0.2, 0.25) is 5.02 Å². The first-order valence-electron chi connectivity index (χ1n) is 9.76. The van der Waals surface area contributed by atoms with Gasteiger partial charge in [0.25, 0.3) is 5.91 Å². The SMILES string of the molecule is CC(C)Oc1ncc(C(=O)Nc2ccccc2COc2ccc(CC#N)cc2)cc1Cl. The van der Waals surface area contributed by atoms with Crippen LogP contribution in [0.5, 0.6) is 11.6 Å². The van der Waals surface area contributed by atoms with Crippen molar-refractivity contribution in [2.24, 2.45) is 0 Å². The number of benzene rings is 2. The molecule has 2 aromatic carbocycles. The number of anilines is 1. The van der Waals surface area contributed by atoms with Crippen molar-refractivity contribution in [3.05, 3.63) is 82.5 Å². The quantitative estimate of drug-likeness (QED) is 0.510. The fourth-order valence-electron chi connectivity index (χ4n) is 2.78. The van der Waals surface area contributed by atoms with Gasteiger partial charge in [0.05, 0.1) is 24.2 Å². The van der Waals surface area contributed by atoms with Crippen LogP contribution in [0.3, 0.4) is 0 Å². The Balaban J connectivity index is 1.68. The van der Waals surface area contributed by atoms with Crippen molar-refractivity contribution in [1.82, 2.24) is 4.98 Å². The van der Waals surface area contributed by atoms with Gasteiger partial charge in [-0.15, -0.1) is 0 Å². The van der Waals surface area contributed by atoms with Gasteiger partial charge in [-0.25, -0.2) is 4.98 Å². The molecule has 0 aliphatic heterocycles. The van der Waals surface area contributed by atoms with E-state index < -0.39 is 0 Å². The summed E-state index contributed by atoms with van der Waals surface area (Å²) in [6.45, 7) is 4.02. The molecule has 6 nitrogen and oxygen atoms in total. The lowest BCUT2D eigenvalue weighted by Gasteiger charge is -2.13. The zero-order valence-electron chi connectivity index (χ0n) is 17.3. The highest BCUT2D eigenvalue weighted by Gasteiger charge is 2.14. The van der Waals surface area contributed by atoms with Crippen molar-refractivity contribution < 1.29 is 14.3 Å². The van der Waals surface area contributed by atoms with E-state index in [4.69, 9.17) is 26.3 Å². The highest BCUT2D eigenvalue weighted by atomic mass is 35.5. The first kappa shape index (κ1) is 22.1. The van der Waals surface area contributed by atoms with Crippen LogP contribution in [-0.4, -0.2) is 17.0 Å². The number of nitriles is 1. The molecule has 0 radical (unpaired) electrons. The van der Waals surface area contributed by atoms with Gasteiger partial charge >= 0.3 is 0 Å². The van der Waals surface area contributed by atoms with Gasteiger partial charge in [-0.05, 0) is 43.7 Å². The summed E-state index contributed by atoms with van der Waals surface area (Å²) in [6.07, 6.45) is 1.72. The van der Waals surface area contributed by atoms with Crippen molar-refractivity contribution in [2.75, 3.05) is 5.32 Å². The van der Waals surface area contributed by atoms with Crippen LogP contribution < -0.4 is 14.8 Å². The van der Waals surface area contributed by atoms with E-state index in [1.807, 2.05) is 56.3 Å². The number of carbonyl (C=O) groups is 1. The number of nitrogens with one attached hydrogen (secondary N) is 1. The molecule has 0 unspecified atom stereocenters. The number of para-hydroxylation sites is 1. The summed E-state index contributed by atoms with van der Waals surface area (Å²) in [7, 11) is 0. The standard InChI is InChI=1S/C24H22ClN3O3/c1-16(2)31-24-21(25)13-19(14-27-24)23(29)28-22-6-4-3-5-18(22)15-30-20-9-7-17(8-10-20)11-12-26/h3-10,13-14,16H,11,15H2,1-2H3,(H,28,29). The minimum atomic E-state index is -0.334. The second kappa shape index (κ2) is 10.5. The summed E-state index contributed by atoms with van der Waals surface area (Å²) in [5.41, 5.74) is 2.70. The second-order valence-electron chi connectivity index (χ2n) is 7.06. The van der Waals surface area contributed by atoms with Gasteiger partial charge in [0, 0.05) is 17.4 Å². The smallest absolute Gasteiger partial charge is 0.257 e. The summed E-state index contributed by atoms with van der Waals surface area (Å²) < 4.78 is 11.3. The normalized spacial score (nSPS) is 10.4. The number of rotatable bonds is 8. The van der Waals surface area contributed by atoms with Gasteiger partial charge < -0.3 is 14.8 Å². The summed E-state index contributed by atoms with van der Waals surface area (Å²) >= 11 is 6.19. The lowest BCUT2D eigenvalue weighted by molar-refractivity contribution is 0.102. The number of carbonyl (C=O) groups excluding carboxylic acids is 1. The predicted molar refractivity (Wildman–Crippen MR) is 119 cm³/mol. The number of halogens is 1. The predicted octanol–water partition coefficient (Wildman–Crippen LogP) is 5.42. The minimum Gasteiger partial charge on any atom is -0.489 e. The van der Waals surface area contributed by atoms with E-state index in [0.717, 1.165) is 11.1 Å². The van der Waals surface area contributed by atoms with Crippen LogP contribution in [0.1, 0.15) is 35.3 Å². The van der Waals surface area contributed by atoms with Crippen molar-refractivity contribution >= 4 is 23.2 Å². The molecule has 0 aliphatic rings. The average molecular weight is 436 g/mol. The molecule has 0 aliphatic carbocycles. The molecule has 1 aromatic heterocycles. The molecule has 7 heteroatoms. The summed E-state index contributed by atoms with van der Waals surface area (Å²) in [6, 6.07) is 18.4. The number of hydrogen-bond donors (Lipinski definition) is 1. The van der Waals surface area contributed by atoms with Crippen LogP contribution in [0.15, 0.2) is 60.8 Å². The first-order chi connectivity index (χ1) is 15.0. The van der Waals surface area contributed by atoms with Gasteiger partial charge in [0.2, 0.25) is 5.88 Å². The topological polar surface area (TPSA) is 84.2 Å². The molecular weight excluding hydrogens is 414 g/mol. The molecule has 0 atom stereocenters. The van der Waals surface area contributed by atoms with Crippen LogP contribution in [0.25, 0.3) is 0 Å². The van der Waals surface area contributed by atoms with Crippen molar-refractivity contribution in [3.8, 4) is 17.7 Å². The molecule has 1 amide bonds. The van der Waals surface area contributed by atoms with E-state index in [2.05, 4.69) is 16.4 Å². The maximum Gasteiger partial charge on any atom is 0.257 e. The highest BCUT2D eigenvalue weighted by Crippen LogP contribution is 2.25. The van der Waals surface area contributed by atoms with Crippen LogP contribution in [0, 0.1) is 11.3 Å². The first-order valence-corrected chi connectivity index (χ1v) is 10.1. The number of nitrogens with zero attached hydrogens (tertiary/aromatic N) is 2. The third-order valence-corrected chi connectivity index (χ3v) is 4.55. The van der Waals surface area contributed by atoms with Crippen molar-refractivity contribution in [2.45, 2.75) is 33.0 Å². The molecular formula is C24H22ClN3O3. The van der Waals surface area contributed by atoms with Gasteiger partial charge in [0.15, 0.2) is 0 Å². The monoisotopic (exact) mass is 435 g/mol. The van der Waals surface area contributed by atoms with Crippen LogP contribution in [0.4, 0.5) is 5.69 Å². The zero-order chi connectivity index (χ0) is 22.2. The second-order valence-corrected chi connectivity index (χ2v) is 7.46. The molecule has 0 bridgehead atoms. The number of aromatic nitrogens is 1. The molecule has 0 spiro atoms. The third-order valence-electron chi connectivity index (χ3n) is 4.28. The molecule has 0 fully saturated rings. The Bertz CT molecular complexity index is 1090. The Labute approximate surface area is 186 Å². The van der Waals surface area contributed by atoms with Gasteiger partial charge in [-0.3, -0.25) is 4.79 Å². The Morgan fingerprint density at radius 3 is 2.61 bits per heavy atom. The molecule has 1 heterocycles. The molecule has 0 saturated heterocycles. The maximum atomic E-state index is 12.7. The van der Waals surface area contributed by atoms with Gasteiger partial charge in [-0.1, -0.05) is 41.9 Å². The van der Waals surface area contributed by atoms with E-state index >= 15 is 0 Å². The zero-order valence-corrected chi connectivity index (χ0v) is 18.0. The molecule has 3 aromatic rings. The Kier molecular flexibility index (Phi) is 7.47. The Morgan fingerprint density at radius 1 is 1.19 bits per heavy atom. The fraction of sp³-hybridized carbons (Fsp3) is 0.208.